The molecule has 13 nitrogen and oxygen atoms in total. The van der Waals surface area contributed by atoms with Crippen molar-refractivity contribution in [2.24, 2.45) is 0 Å². The summed E-state index contributed by atoms with van der Waals surface area (Å²) in [6.45, 7) is 9.44. The Labute approximate surface area is 308 Å². The summed E-state index contributed by atoms with van der Waals surface area (Å²) >= 11 is 0. The van der Waals surface area contributed by atoms with Crippen LogP contribution in [0.1, 0.15) is 48.1 Å². The molecule has 3 amide bonds. The summed E-state index contributed by atoms with van der Waals surface area (Å²) in [4.78, 5) is 40.5. The second-order valence-electron chi connectivity index (χ2n) is 13.6. The van der Waals surface area contributed by atoms with Gasteiger partial charge in [0.15, 0.2) is 0 Å². The summed E-state index contributed by atoms with van der Waals surface area (Å²) in [5.41, 5.74) is 4.33. The second kappa shape index (κ2) is 15.9. The molecule has 0 aliphatic rings. The number of rotatable bonds is 12. The van der Waals surface area contributed by atoms with Crippen molar-refractivity contribution in [2.45, 2.75) is 39.7 Å². The van der Waals surface area contributed by atoms with Crippen LogP contribution in [-0.2, 0) is 16.8 Å². The molecular weight excluding hydrogens is 670 g/mol. The largest absolute Gasteiger partial charge is 0.488 e. The van der Waals surface area contributed by atoms with Crippen LogP contribution in [0.4, 0.5) is 27.9 Å². The highest BCUT2D eigenvalue weighted by atomic mass is 16.5. The first kappa shape index (κ1) is 36.5. The number of aromatic nitrogens is 5. The van der Waals surface area contributed by atoms with E-state index in [9.17, 15) is 9.59 Å². The number of hydrogen-bond acceptors (Lipinski definition) is 9. The number of carbonyl (C=O) groups is 2. The average molecular weight is 714 g/mol. The molecule has 13 heteroatoms. The minimum atomic E-state index is -0.393. The van der Waals surface area contributed by atoms with E-state index in [0.717, 1.165) is 33.3 Å². The summed E-state index contributed by atoms with van der Waals surface area (Å²) in [6, 6.07) is 24.7. The van der Waals surface area contributed by atoms with Crippen LogP contribution in [0.25, 0.3) is 16.5 Å². The third-order valence-corrected chi connectivity index (χ3v) is 8.42. The van der Waals surface area contributed by atoms with Gasteiger partial charge in [0.25, 0.3) is 5.91 Å². The average Bonchev–Trinajstić information content (AvgIpc) is 3.58. The van der Waals surface area contributed by atoms with Crippen molar-refractivity contribution in [1.29, 1.82) is 0 Å². The van der Waals surface area contributed by atoms with E-state index < -0.39 is 6.03 Å². The highest BCUT2D eigenvalue weighted by Gasteiger charge is 2.22. The highest BCUT2D eigenvalue weighted by Crippen LogP contribution is 2.33. The number of ether oxygens (including phenoxy) is 2. The molecule has 3 aromatic heterocycles. The maximum absolute atomic E-state index is 13.5. The third-order valence-electron chi connectivity index (χ3n) is 8.42. The molecule has 3 N–H and O–H groups in total. The first-order chi connectivity index (χ1) is 25.5. The van der Waals surface area contributed by atoms with Crippen LogP contribution in [0.2, 0.25) is 0 Å². The maximum Gasteiger partial charge on any atom is 0.324 e. The van der Waals surface area contributed by atoms with Gasteiger partial charge >= 0.3 is 6.03 Å². The Morgan fingerprint density at radius 2 is 1.68 bits per heavy atom. The van der Waals surface area contributed by atoms with Crippen LogP contribution in [-0.4, -0.2) is 68.9 Å². The molecule has 0 aliphatic heterocycles. The SMILES string of the molecule is COCCN(C)C(=O)c1cnc(Nc2cc(COc3ccc(NC(=O)Nc4cc(C(C)(C)C)nn4-c4cccc(C)c4)c4ccccc34)ccn2)cn1. The van der Waals surface area contributed by atoms with Crippen LogP contribution in [0.3, 0.4) is 0 Å². The van der Waals surface area contributed by atoms with E-state index in [1.54, 1.807) is 25.0 Å². The number of hydrogen-bond donors (Lipinski definition) is 3. The number of anilines is 4. The number of benzene rings is 3. The molecule has 0 spiro atoms. The lowest BCUT2D eigenvalue weighted by Crippen LogP contribution is -2.30. The van der Waals surface area contributed by atoms with Crippen molar-refractivity contribution in [1.82, 2.24) is 29.6 Å². The fraction of sp³-hybridized carbons (Fsp3) is 0.250. The van der Waals surface area contributed by atoms with Gasteiger partial charge < -0.3 is 25.0 Å². The molecule has 272 valence electrons. The Hall–Kier alpha value is -6.34. The minimum absolute atomic E-state index is 0.214. The number of likely N-dealkylation sites (N-methyl/N-ethyl adjacent to an activating group) is 1. The molecule has 0 unspecified atom stereocenters. The quantitative estimate of drug-likeness (QED) is 0.117. The molecule has 3 aromatic carbocycles. The van der Waals surface area contributed by atoms with Gasteiger partial charge in [-0.2, -0.15) is 5.10 Å². The summed E-state index contributed by atoms with van der Waals surface area (Å²) in [5.74, 6) is 1.97. The Morgan fingerprint density at radius 1 is 0.868 bits per heavy atom. The zero-order valence-electron chi connectivity index (χ0n) is 30.7. The number of fused-ring (bicyclic) bond motifs is 1. The van der Waals surface area contributed by atoms with Gasteiger partial charge in [-0.05, 0) is 54.4 Å². The van der Waals surface area contributed by atoms with Gasteiger partial charge in [0.1, 0.15) is 35.5 Å². The monoisotopic (exact) mass is 713 g/mol. The van der Waals surface area contributed by atoms with Crippen molar-refractivity contribution >= 4 is 45.9 Å². The van der Waals surface area contributed by atoms with E-state index >= 15 is 0 Å². The van der Waals surface area contributed by atoms with E-state index in [0.29, 0.717) is 42.0 Å². The predicted octanol–water partition coefficient (Wildman–Crippen LogP) is 7.50. The number of carbonyl (C=O) groups excluding carboxylic acids is 2. The molecule has 6 aromatic rings. The second-order valence-corrected chi connectivity index (χ2v) is 13.6. The van der Waals surface area contributed by atoms with Gasteiger partial charge in [0.2, 0.25) is 0 Å². The number of amides is 3. The smallest absolute Gasteiger partial charge is 0.324 e. The zero-order valence-corrected chi connectivity index (χ0v) is 30.7. The fourth-order valence-corrected chi connectivity index (χ4v) is 5.52. The molecule has 0 radical (unpaired) electrons. The van der Waals surface area contributed by atoms with Crippen LogP contribution >= 0.6 is 0 Å². The number of nitrogens with zero attached hydrogens (tertiary/aromatic N) is 6. The van der Waals surface area contributed by atoms with Gasteiger partial charge in [-0.25, -0.2) is 24.4 Å². The lowest BCUT2D eigenvalue weighted by molar-refractivity contribution is 0.0738. The van der Waals surface area contributed by atoms with E-state index in [-0.39, 0.29) is 23.6 Å². The van der Waals surface area contributed by atoms with Crippen molar-refractivity contribution in [3.8, 4) is 11.4 Å². The van der Waals surface area contributed by atoms with E-state index in [2.05, 4.69) is 51.7 Å². The van der Waals surface area contributed by atoms with E-state index in [4.69, 9.17) is 14.6 Å². The van der Waals surface area contributed by atoms with Crippen molar-refractivity contribution in [3.63, 3.8) is 0 Å². The Kier molecular flexibility index (Phi) is 10.9. The number of urea groups is 1. The molecule has 53 heavy (non-hydrogen) atoms. The van der Waals surface area contributed by atoms with Crippen LogP contribution in [0, 0.1) is 6.92 Å². The normalized spacial score (nSPS) is 11.3. The van der Waals surface area contributed by atoms with E-state index in [1.807, 2.05) is 85.8 Å². The standard InChI is InChI=1S/C40H43N9O4/c1-26-10-9-11-28(20-26)49-37(22-34(47-49)40(2,3)4)46-39(51)44-31-14-15-33(30-13-8-7-12-29(30)31)53-25-27-16-17-41-35(21-27)45-36-24-42-32(23-43-36)38(50)48(5)18-19-52-6/h7-17,20-24H,18-19,25H2,1-6H3,(H,41,43,45)(H2,44,46,51). The van der Waals surface area contributed by atoms with Crippen molar-refractivity contribution < 1.29 is 19.1 Å². The molecule has 0 bridgehead atoms. The highest BCUT2D eigenvalue weighted by molar-refractivity contribution is 6.07. The molecule has 6 rings (SSSR count). The zero-order chi connectivity index (χ0) is 37.5. The number of methoxy groups -OCH3 is 1. The molecule has 0 saturated carbocycles. The van der Waals surface area contributed by atoms with Gasteiger partial charge in [-0.3, -0.25) is 10.1 Å². The Bertz CT molecular complexity index is 2230. The van der Waals surface area contributed by atoms with Crippen molar-refractivity contribution in [2.75, 3.05) is 43.3 Å². The van der Waals surface area contributed by atoms with Crippen molar-refractivity contribution in [3.05, 3.63) is 120 Å². The van der Waals surface area contributed by atoms with Crippen LogP contribution in [0.15, 0.2) is 97.5 Å². The predicted molar refractivity (Wildman–Crippen MR) is 206 cm³/mol. The topological polar surface area (TPSA) is 148 Å². The number of nitrogens with one attached hydrogen (secondary N) is 3. The summed E-state index contributed by atoms with van der Waals surface area (Å²) in [7, 11) is 3.27. The molecule has 0 fully saturated rings. The lowest BCUT2D eigenvalue weighted by atomic mass is 9.92. The minimum Gasteiger partial charge on any atom is -0.488 e. The molecule has 0 atom stereocenters. The number of aryl methyl sites for hydroxylation is 1. The maximum atomic E-state index is 13.5. The fourth-order valence-electron chi connectivity index (χ4n) is 5.52. The molecule has 0 aliphatic carbocycles. The van der Waals surface area contributed by atoms with Gasteiger partial charge in [-0.15, -0.1) is 0 Å². The molecule has 3 heterocycles. The third kappa shape index (κ3) is 8.94. The Balaban J connectivity index is 1.13. The van der Waals surface area contributed by atoms with Gasteiger partial charge in [0, 0.05) is 49.2 Å². The van der Waals surface area contributed by atoms with Gasteiger partial charge in [0.05, 0.1) is 36.1 Å². The first-order valence-electron chi connectivity index (χ1n) is 17.2. The lowest BCUT2D eigenvalue weighted by Gasteiger charge is -2.16. The number of pyridine rings is 1. The summed E-state index contributed by atoms with van der Waals surface area (Å²) in [6.07, 6.45) is 4.60. The van der Waals surface area contributed by atoms with Crippen LogP contribution < -0.4 is 20.7 Å². The van der Waals surface area contributed by atoms with E-state index in [1.165, 1.54) is 17.3 Å². The molecular formula is C40H43N9O4. The summed E-state index contributed by atoms with van der Waals surface area (Å²) in [5, 5.41) is 15.7. The Morgan fingerprint density at radius 3 is 2.42 bits per heavy atom. The first-order valence-corrected chi connectivity index (χ1v) is 17.2. The summed E-state index contributed by atoms with van der Waals surface area (Å²) < 4.78 is 13.1. The molecule has 0 saturated heterocycles. The van der Waals surface area contributed by atoms with Crippen LogP contribution in [0.5, 0.6) is 5.75 Å². The van der Waals surface area contributed by atoms with Gasteiger partial charge in [-0.1, -0.05) is 57.2 Å².